The normalized spacial score (nSPS) is 9.43. The summed E-state index contributed by atoms with van der Waals surface area (Å²) in [6, 6.07) is 18.5. The van der Waals surface area contributed by atoms with Crippen molar-refractivity contribution in [2.45, 2.75) is 0 Å². The van der Waals surface area contributed by atoms with Crippen molar-refractivity contribution in [3.8, 4) is 0 Å². The Morgan fingerprint density at radius 2 is 1.57 bits per heavy atom. The lowest BCUT2D eigenvalue weighted by molar-refractivity contribution is -0.139. The second-order valence-electron chi connectivity index (χ2n) is 4.61. The lowest BCUT2D eigenvalue weighted by atomic mass is 10.2. The first-order chi connectivity index (χ1) is 10.7. The molecule has 1 N–H and O–H groups in total. The number of methoxy groups -OCH3 is 1. The Hall–Kier alpha value is -2.53. The Morgan fingerprint density at radius 1 is 1.00 bits per heavy atom. The fourth-order valence-corrected chi connectivity index (χ4v) is 1.95. The van der Waals surface area contributed by atoms with Crippen LogP contribution in [0.15, 0.2) is 60.7 Å². The predicted octanol–water partition coefficient (Wildman–Crippen LogP) is 2.73. The van der Waals surface area contributed by atoms with Crippen LogP contribution in [0.2, 0.25) is 0 Å². The zero-order chi connectivity index (χ0) is 15.8. The molecular formula is C17H19ClN2O3. The van der Waals surface area contributed by atoms with E-state index in [0.717, 1.165) is 5.69 Å². The van der Waals surface area contributed by atoms with Crippen LogP contribution in [0.3, 0.4) is 0 Å². The Labute approximate surface area is 141 Å². The summed E-state index contributed by atoms with van der Waals surface area (Å²) in [6.45, 7) is -0.0221. The van der Waals surface area contributed by atoms with E-state index in [-0.39, 0.29) is 31.4 Å². The minimum Gasteiger partial charge on any atom is -0.468 e. The molecule has 0 heterocycles. The number of carbonyl (C=O) groups excluding carboxylic acids is 2. The molecule has 1 amide bonds. The number of anilines is 2. The number of halogens is 1. The summed E-state index contributed by atoms with van der Waals surface area (Å²) in [6.07, 6.45) is 0. The first kappa shape index (κ1) is 18.5. The van der Waals surface area contributed by atoms with Gasteiger partial charge in [0, 0.05) is 11.4 Å². The summed E-state index contributed by atoms with van der Waals surface area (Å²) < 4.78 is 4.66. The number of nitrogens with one attached hydrogen (secondary N) is 1. The van der Waals surface area contributed by atoms with Gasteiger partial charge in [0.25, 0.3) is 0 Å². The third-order valence-electron chi connectivity index (χ3n) is 3.10. The van der Waals surface area contributed by atoms with E-state index in [1.165, 1.54) is 12.0 Å². The third kappa shape index (κ3) is 5.64. The van der Waals surface area contributed by atoms with Crippen molar-refractivity contribution >= 4 is 35.7 Å². The molecule has 0 saturated heterocycles. The number of esters is 1. The molecule has 0 spiro atoms. The quantitative estimate of drug-likeness (QED) is 0.825. The lowest BCUT2D eigenvalue weighted by Gasteiger charge is -2.22. The van der Waals surface area contributed by atoms with E-state index in [9.17, 15) is 9.59 Å². The van der Waals surface area contributed by atoms with Gasteiger partial charge in [-0.1, -0.05) is 36.4 Å². The highest BCUT2D eigenvalue weighted by Gasteiger charge is 2.19. The third-order valence-corrected chi connectivity index (χ3v) is 3.10. The van der Waals surface area contributed by atoms with Crippen LogP contribution in [0.25, 0.3) is 0 Å². The first-order valence-electron chi connectivity index (χ1n) is 6.92. The van der Waals surface area contributed by atoms with E-state index in [1.807, 2.05) is 48.5 Å². The highest BCUT2D eigenvalue weighted by atomic mass is 35.5. The highest BCUT2D eigenvalue weighted by molar-refractivity contribution is 5.99. The molecule has 0 fully saturated rings. The smallest absolute Gasteiger partial charge is 0.325 e. The van der Waals surface area contributed by atoms with Crippen LogP contribution in [0, 0.1) is 0 Å². The number of hydrogen-bond donors (Lipinski definition) is 1. The molecule has 0 aliphatic heterocycles. The summed E-state index contributed by atoms with van der Waals surface area (Å²) in [5.41, 5.74) is 1.51. The number of rotatable bonds is 6. The number of ether oxygens (including phenoxy) is 1. The van der Waals surface area contributed by atoms with Crippen molar-refractivity contribution in [2.75, 3.05) is 30.4 Å². The molecule has 2 aromatic rings. The van der Waals surface area contributed by atoms with Crippen molar-refractivity contribution in [3.63, 3.8) is 0 Å². The van der Waals surface area contributed by atoms with Gasteiger partial charge in [-0.3, -0.25) is 14.5 Å². The van der Waals surface area contributed by atoms with Gasteiger partial charge in [0.15, 0.2) is 0 Å². The second kappa shape index (κ2) is 9.48. The number of benzene rings is 2. The lowest BCUT2D eigenvalue weighted by Crippen LogP contribution is -2.39. The molecule has 122 valence electrons. The maximum Gasteiger partial charge on any atom is 0.325 e. The maximum absolute atomic E-state index is 12.4. The van der Waals surface area contributed by atoms with Crippen LogP contribution in [0.4, 0.5) is 11.4 Å². The summed E-state index contributed by atoms with van der Waals surface area (Å²) in [5.74, 6) is -0.669. The minimum absolute atomic E-state index is 0. The monoisotopic (exact) mass is 334 g/mol. The number of nitrogens with zero attached hydrogens (tertiary/aromatic N) is 1. The van der Waals surface area contributed by atoms with Gasteiger partial charge in [-0.15, -0.1) is 12.4 Å². The van der Waals surface area contributed by atoms with Crippen LogP contribution >= 0.6 is 12.4 Å². The molecule has 2 rings (SSSR count). The Bertz CT molecular complexity index is 620. The van der Waals surface area contributed by atoms with E-state index in [0.29, 0.717) is 5.69 Å². The predicted molar refractivity (Wildman–Crippen MR) is 93.0 cm³/mol. The summed E-state index contributed by atoms with van der Waals surface area (Å²) in [5, 5.41) is 3.04. The zero-order valence-electron chi connectivity index (χ0n) is 12.8. The van der Waals surface area contributed by atoms with Crippen molar-refractivity contribution in [1.82, 2.24) is 0 Å². The molecule has 0 radical (unpaired) electrons. The highest BCUT2D eigenvalue weighted by Crippen LogP contribution is 2.14. The van der Waals surface area contributed by atoms with Crippen molar-refractivity contribution < 1.29 is 14.3 Å². The van der Waals surface area contributed by atoms with E-state index in [4.69, 9.17) is 0 Å². The standard InChI is InChI=1S/C17H18N2O3.ClH/c1-22-17(21)13-19(15-10-6-3-7-11-15)16(20)12-18-14-8-4-2-5-9-14;/h2-11,18H,12-13H2,1H3;1H. The summed E-state index contributed by atoms with van der Waals surface area (Å²) in [4.78, 5) is 25.4. The van der Waals surface area contributed by atoms with Crippen LogP contribution < -0.4 is 10.2 Å². The largest absolute Gasteiger partial charge is 0.468 e. The number of amides is 1. The Kier molecular flexibility index (Phi) is 7.63. The molecular weight excluding hydrogens is 316 g/mol. The Balaban J connectivity index is 0.00000264. The van der Waals surface area contributed by atoms with E-state index in [2.05, 4.69) is 10.1 Å². The molecule has 5 nitrogen and oxygen atoms in total. The number of carbonyl (C=O) groups is 2. The van der Waals surface area contributed by atoms with E-state index in [1.54, 1.807) is 12.1 Å². The van der Waals surface area contributed by atoms with Crippen molar-refractivity contribution in [1.29, 1.82) is 0 Å². The SMILES string of the molecule is COC(=O)CN(C(=O)CNc1ccccc1)c1ccccc1.Cl. The molecule has 0 aromatic heterocycles. The van der Waals surface area contributed by atoms with Crippen LogP contribution in [0.5, 0.6) is 0 Å². The molecule has 0 saturated carbocycles. The fraction of sp³-hybridized carbons (Fsp3) is 0.176. The number of para-hydroxylation sites is 2. The average Bonchev–Trinajstić information content (AvgIpc) is 2.59. The van der Waals surface area contributed by atoms with E-state index < -0.39 is 5.97 Å². The fourth-order valence-electron chi connectivity index (χ4n) is 1.95. The van der Waals surface area contributed by atoms with Crippen LogP contribution in [0.1, 0.15) is 0 Å². The van der Waals surface area contributed by atoms with Gasteiger partial charge in [-0.05, 0) is 24.3 Å². The molecule has 23 heavy (non-hydrogen) atoms. The second-order valence-corrected chi connectivity index (χ2v) is 4.61. The zero-order valence-corrected chi connectivity index (χ0v) is 13.6. The van der Waals surface area contributed by atoms with Crippen LogP contribution in [-0.2, 0) is 14.3 Å². The summed E-state index contributed by atoms with van der Waals surface area (Å²) in [7, 11) is 1.30. The maximum atomic E-state index is 12.4. The molecule has 2 aromatic carbocycles. The van der Waals surface area contributed by atoms with Gasteiger partial charge >= 0.3 is 5.97 Å². The van der Waals surface area contributed by atoms with E-state index >= 15 is 0 Å². The van der Waals surface area contributed by atoms with Gasteiger partial charge < -0.3 is 10.1 Å². The number of hydrogen-bond acceptors (Lipinski definition) is 4. The Morgan fingerprint density at radius 3 is 2.13 bits per heavy atom. The van der Waals surface area contributed by atoms with Gasteiger partial charge in [-0.2, -0.15) is 0 Å². The molecule has 0 bridgehead atoms. The van der Waals surface area contributed by atoms with Crippen LogP contribution in [-0.4, -0.2) is 32.1 Å². The van der Waals surface area contributed by atoms with Crippen molar-refractivity contribution in [2.24, 2.45) is 0 Å². The van der Waals surface area contributed by atoms with Gasteiger partial charge in [0.2, 0.25) is 5.91 Å². The van der Waals surface area contributed by atoms with Gasteiger partial charge in [0.1, 0.15) is 6.54 Å². The molecule has 0 atom stereocenters. The first-order valence-corrected chi connectivity index (χ1v) is 6.92. The minimum atomic E-state index is -0.461. The molecule has 0 unspecified atom stereocenters. The van der Waals surface area contributed by atoms with Gasteiger partial charge in [-0.25, -0.2) is 0 Å². The average molecular weight is 335 g/mol. The summed E-state index contributed by atoms with van der Waals surface area (Å²) >= 11 is 0. The topological polar surface area (TPSA) is 58.6 Å². The van der Waals surface area contributed by atoms with Crippen molar-refractivity contribution in [3.05, 3.63) is 60.7 Å². The molecule has 0 aliphatic rings. The molecule has 6 heteroatoms. The molecule has 0 aliphatic carbocycles. The van der Waals surface area contributed by atoms with Gasteiger partial charge in [0.05, 0.1) is 13.7 Å².